The number of pyridine rings is 1. The minimum Gasteiger partial charge on any atom is -0.477 e. The molecule has 27 heavy (non-hydrogen) atoms. The molecule has 0 radical (unpaired) electrons. The molecule has 2 N–H and O–H groups in total. The molecule has 0 saturated heterocycles. The van der Waals surface area contributed by atoms with E-state index < -0.39 is 23.1 Å². The summed E-state index contributed by atoms with van der Waals surface area (Å²) in [4.78, 5) is 23.8. The molecular weight excluding hydrogens is 346 g/mol. The highest BCUT2D eigenvalue weighted by Gasteiger charge is 2.17. The van der Waals surface area contributed by atoms with Gasteiger partial charge in [0.05, 0.1) is 12.3 Å². The Kier molecular flexibility index (Phi) is 5.68. The Bertz CT molecular complexity index is 967. The minimum absolute atomic E-state index is 0.104. The number of carboxylic acids is 1. The second-order valence-electron chi connectivity index (χ2n) is 6.13. The minimum atomic E-state index is -1.34. The lowest BCUT2D eigenvalue weighted by Crippen LogP contribution is -2.23. The Balaban J connectivity index is 1.86. The van der Waals surface area contributed by atoms with Gasteiger partial charge in [0.25, 0.3) is 0 Å². The zero-order valence-electron chi connectivity index (χ0n) is 14.5. The Hall–Kier alpha value is -3.38. The number of aliphatic hydroxyl groups is 1. The molecule has 0 aliphatic rings. The van der Waals surface area contributed by atoms with Gasteiger partial charge < -0.3 is 19.5 Å². The smallest absolute Gasteiger partial charge is 0.341 e. The Labute approximate surface area is 155 Å². The number of carboxylic acid groups (broad SMARTS) is 1. The van der Waals surface area contributed by atoms with Gasteiger partial charge in [-0.3, -0.25) is 4.79 Å². The van der Waals surface area contributed by atoms with Crippen LogP contribution in [0.25, 0.3) is 0 Å². The summed E-state index contributed by atoms with van der Waals surface area (Å²) in [6.45, 7) is 0.126. The molecule has 6 nitrogen and oxygen atoms in total. The molecular formula is C21H19NO5. The van der Waals surface area contributed by atoms with E-state index in [4.69, 9.17) is 4.74 Å². The lowest BCUT2D eigenvalue weighted by atomic mass is 10.1. The van der Waals surface area contributed by atoms with Crippen LogP contribution in [0.2, 0.25) is 0 Å². The molecule has 0 spiro atoms. The molecule has 0 aliphatic carbocycles. The molecule has 1 unspecified atom stereocenters. The topological polar surface area (TPSA) is 88.8 Å². The highest BCUT2D eigenvalue weighted by atomic mass is 16.5. The van der Waals surface area contributed by atoms with Crippen molar-refractivity contribution < 1.29 is 19.7 Å². The van der Waals surface area contributed by atoms with Crippen LogP contribution >= 0.6 is 0 Å². The van der Waals surface area contributed by atoms with E-state index in [0.29, 0.717) is 12.2 Å². The van der Waals surface area contributed by atoms with Crippen molar-refractivity contribution in [2.75, 3.05) is 0 Å². The molecule has 1 aromatic heterocycles. The van der Waals surface area contributed by atoms with Crippen molar-refractivity contribution in [1.82, 2.24) is 4.57 Å². The zero-order valence-corrected chi connectivity index (χ0v) is 14.5. The Morgan fingerprint density at radius 1 is 1.00 bits per heavy atom. The summed E-state index contributed by atoms with van der Waals surface area (Å²) >= 11 is 0. The molecule has 0 saturated carbocycles. The van der Waals surface area contributed by atoms with Crippen LogP contribution in [0.3, 0.4) is 0 Å². The normalized spacial score (nSPS) is 11.7. The molecule has 3 aromatic rings. The van der Waals surface area contributed by atoms with E-state index in [0.717, 1.165) is 5.56 Å². The number of hydrogen-bond acceptors (Lipinski definition) is 4. The predicted octanol–water partition coefficient (Wildman–Crippen LogP) is 2.94. The number of para-hydroxylation sites is 1. The number of ether oxygens (including phenoxy) is 1. The second kappa shape index (κ2) is 8.33. The van der Waals surface area contributed by atoms with Gasteiger partial charge in [-0.2, -0.15) is 0 Å². The van der Waals surface area contributed by atoms with Gasteiger partial charge in [0, 0.05) is 19.2 Å². The third-order valence-corrected chi connectivity index (χ3v) is 3.98. The first kappa shape index (κ1) is 18.4. The van der Waals surface area contributed by atoms with E-state index in [2.05, 4.69) is 0 Å². The molecule has 6 heteroatoms. The quantitative estimate of drug-likeness (QED) is 0.672. The van der Waals surface area contributed by atoms with E-state index in [-0.39, 0.29) is 12.3 Å². The molecule has 2 aromatic carbocycles. The number of carbonyl (C=O) groups is 1. The van der Waals surface area contributed by atoms with Crippen LogP contribution in [-0.2, 0) is 13.0 Å². The lowest BCUT2D eigenvalue weighted by Gasteiger charge is -2.15. The van der Waals surface area contributed by atoms with E-state index in [1.807, 2.05) is 30.3 Å². The van der Waals surface area contributed by atoms with Crippen molar-refractivity contribution in [1.29, 1.82) is 0 Å². The number of hydrogen-bond donors (Lipinski definition) is 2. The standard InChI is InChI=1S/C21H19NO5/c23-16(11-15-7-3-1-4-8-15)12-22-13-18(21(25)26)20(24)19(14-22)27-17-9-5-2-6-10-17/h1-10,13-14,16,23H,11-12H2,(H,25,26). The fourth-order valence-electron chi connectivity index (χ4n) is 2.74. The molecule has 0 bridgehead atoms. The summed E-state index contributed by atoms with van der Waals surface area (Å²) in [5, 5.41) is 19.7. The fourth-order valence-corrected chi connectivity index (χ4v) is 2.74. The van der Waals surface area contributed by atoms with Gasteiger partial charge in [0.15, 0.2) is 5.75 Å². The summed E-state index contributed by atoms with van der Waals surface area (Å²) < 4.78 is 7.03. The van der Waals surface area contributed by atoms with Gasteiger partial charge in [0.1, 0.15) is 11.3 Å². The summed E-state index contributed by atoms with van der Waals surface area (Å²) in [5.74, 6) is -1.02. The van der Waals surface area contributed by atoms with Gasteiger partial charge in [-0.15, -0.1) is 0 Å². The molecule has 1 heterocycles. The fraction of sp³-hybridized carbons (Fsp3) is 0.143. The summed E-state index contributed by atoms with van der Waals surface area (Å²) in [6, 6.07) is 18.1. The van der Waals surface area contributed by atoms with Crippen molar-refractivity contribution in [2.24, 2.45) is 0 Å². The first-order chi connectivity index (χ1) is 13.0. The first-order valence-corrected chi connectivity index (χ1v) is 8.45. The number of rotatable bonds is 7. The third-order valence-electron chi connectivity index (χ3n) is 3.98. The van der Waals surface area contributed by atoms with Gasteiger partial charge in [-0.05, 0) is 17.7 Å². The van der Waals surface area contributed by atoms with Crippen LogP contribution < -0.4 is 10.2 Å². The highest BCUT2D eigenvalue weighted by molar-refractivity contribution is 5.87. The maximum atomic E-state index is 12.4. The maximum Gasteiger partial charge on any atom is 0.341 e. The lowest BCUT2D eigenvalue weighted by molar-refractivity contribution is 0.0693. The number of nitrogens with zero attached hydrogens (tertiary/aromatic N) is 1. The van der Waals surface area contributed by atoms with Gasteiger partial charge in [-0.1, -0.05) is 48.5 Å². The van der Waals surface area contributed by atoms with Crippen LogP contribution in [0.4, 0.5) is 0 Å². The van der Waals surface area contributed by atoms with Crippen molar-refractivity contribution >= 4 is 5.97 Å². The van der Waals surface area contributed by atoms with Crippen LogP contribution in [0.15, 0.2) is 77.9 Å². The molecule has 1 atom stereocenters. The van der Waals surface area contributed by atoms with Crippen molar-refractivity contribution in [3.8, 4) is 11.5 Å². The van der Waals surface area contributed by atoms with E-state index in [1.165, 1.54) is 17.0 Å². The van der Waals surface area contributed by atoms with Gasteiger partial charge in [-0.25, -0.2) is 4.79 Å². The van der Waals surface area contributed by atoms with Crippen LogP contribution in [0, 0.1) is 0 Å². The number of aromatic carboxylic acids is 1. The van der Waals surface area contributed by atoms with E-state index in [9.17, 15) is 19.8 Å². The van der Waals surface area contributed by atoms with E-state index >= 15 is 0 Å². The van der Waals surface area contributed by atoms with Crippen molar-refractivity contribution in [3.63, 3.8) is 0 Å². The Morgan fingerprint density at radius 2 is 1.63 bits per heavy atom. The zero-order chi connectivity index (χ0) is 19.2. The van der Waals surface area contributed by atoms with Gasteiger partial charge >= 0.3 is 5.97 Å². The molecule has 0 fully saturated rings. The summed E-state index contributed by atoms with van der Waals surface area (Å²) in [7, 11) is 0. The molecule has 0 aliphatic heterocycles. The van der Waals surface area contributed by atoms with Crippen LogP contribution in [-0.4, -0.2) is 26.9 Å². The average Bonchev–Trinajstić information content (AvgIpc) is 2.65. The van der Waals surface area contributed by atoms with Gasteiger partial charge in [0.2, 0.25) is 5.43 Å². The number of aromatic nitrogens is 1. The maximum absolute atomic E-state index is 12.4. The van der Waals surface area contributed by atoms with E-state index in [1.54, 1.807) is 30.3 Å². The second-order valence-corrected chi connectivity index (χ2v) is 6.13. The Morgan fingerprint density at radius 3 is 2.26 bits per heavy atom. The molecule has 138 valence electrons. The monoisotopic (exact) mass is 365 g/mol. The molecule has 3 rings (SSSR count). The SMILES string of the molecule is O=C(O)c1cn(CC(O)Cc2ccccc2)cc(Oc2ccccc2)c1=O. The van der Waals surface area contributed by atoms with Crippen LogP contribution in [0.5, 0.6) is 11.5 Å². The highest BCUT2D eigenvalue weighted by Crippen LogP contribution is 2.18. The summed E-state index contributed by atoms with van der Waals surface area (Å²) in [6.07, 6.45) is 2.29. The predicted molar refractivity (Wildman–Crippen MR) is 100 cm³/mol. The summed E-state index contributed by atoms with van der Waals surface area (Å²) in [5.41, 5.74) is -0.152. The number of aliphatic hydroxyl groups excluding tert-OH is 1. The van der Waals surface area contributed by atoms with Crippen LogP contribution in [0.1, 0.15) is 15.9 Å². The number of benzene rings is 2. The largest absolute Gasteiger partial charge is 0.477 e. The molecule has 0 amide bonds. The van der Waals surface area contributed by atoms with Crippen molar-refractivity contribution in [2.45, 2.75) is 19.1 Å². The van der Waals surface area contributed by atoms with Crippen molar-refractivity contribution in [3.05, 3.63) is 94.4 Å². The first-order valence-electron chi connectivity index (χ1n) is 8.45. The average molecular weight is 365 g/mol. The third kappa shape index (κ3) is 4.83.